The largest absolute Gasteiger partial charge is 0.408 e. The number of hydrogen-bond donors (Lipinski definition) is 0. The van der Waals surface area contributed by atoms with Crippen molar-refractivity contribution in [3.05, 3.63) is 18.0 Å². The lowest BCUT2D eigenvalue weighted by atomic mass is 10.1. The third kappa shape index (κ3) is 3.38. The molecule has 6 heteroatoms. The molecule has 0 saturated heterocycles. The molecule has 0 unspecified atom stereocenters. The van der Waals surface area contributed by atoms with Gasteiger partial charge in [0.2, 0.25) is 0 Å². The molecular weight excluding hydrogens is 209 g/mol. The predicted octanol–water partition coefficient (Wildman–Crippen LogP) is 2.28. The molecule has 0 aliphatic carbocycles. The van der Waals surface area contributed by atoms with Crippen LogP contribution in [0.3, 0.4) is 0 Å². The Balaban J connectivity index is 2.77. The molecular formula is C9H11F3N2O. The van der Waals surface area contributed by atoms with Gasteiger partial charge in [-0.2, -0.15) is 18.3 Å². The second kappa shape index (κ2) is 4.04. The summed E-state index contributed by atoms with van der Waals surface area (Å²) in [5, 5.41) is 3.48. The lowest BCUT2D eigenvalue weighted by Crippen LogP contribution is -2.18. The van der Waals surface area contributed by atoms with Crippen LogP contribution in [-0.2, 0) is 6.54 Å². The summed E-state index contributed by atoms with van der Waals surface area (Å²) in [5.41, 5.74) is 0.217. The van der Waals surface area contributed by atoms with E-state index >= 15 is 0 Å². The number of hydrogen-bond acceptors (Lipinski definition) is 2. The molecule has 0 aliphatic rings. The number of ketones is 1. The Labute approximate surface area is 84.9 Å². The quantitative estimate of drug-likeness (QED) is 0.732. The summed E-state index contributed by atoms with van der Waals surface area (Å²) in [4.78, 5) is 11.4. The van der Waals surface area contributed by atoms with Crippen LogP contribution < -0.4 is 0 Å². The maximum absolute atomic E-state index is 12.0. The normalized spacial score (nSPS) is 12.1. The van der Waals surface area contributed by atoms with E-state index in [0.717, 1.165) is 17.1 Å². The number of carbonyl (C=O) groups is 1. The van der Waals surface area contributed by atoms with Gasteiger partial charge in [0.25, 0.3) is 0 Å². The van der Waals surface area contributed by atoms with Crippen LogP contribution in [0.1, 0.15) is 24.2 Å². The van der Waals surface area contributed by atoms with Crippen molar-refractivity contribution in [1.29, 1.82) is 0 Å². The first kappa shape index (κ1) is 11.7. The summed E-state index contributed by atoms with van der Waals surface area (Å²) in [5.74, 6) is -0.447. The molecule has 1 rings (SSSR count). The minimum absolute atomic E-state index is 0.205. The number of halogens is 3. The van der Waals surface area contributed by atoms with Gasteiger partial charge in [-0.25, -0.2) is 0 Å². The summed E-state index contributed by atoms with van der Waals surface area (Å²) < 4.78 is 36.6. The van der Waals surface area contributed by atoms with Crippen LogP contribution in [0, 0.1) is 5.92 Å². The van der Waals surface area contributed by atoms with Crippen molar-refractivity contribution in [3.63, 3.8) is 0 Å². The molecule has 0 atom stereocenters. The number of rotatable bonds is 3. The molecule has 0 N–H and O–H groups in total. The zero-order chi connectivity index (χ0) is 11.6. The van der Waals surface area contributed by atoms with Gasteiger partial charge in [-0.05, 0) is 0 Å². The zero-order valence-corrected chi connectivity index (χ0v) is 8.38. The molecule has 0 aromatic carbocycles. The molecule has 1 aromatic heterocycles. The number of carbonyl (C=O) groups excluding carboxylic acids is 1. The first-order valence-electron chi connectivity index (χ1n) is 4.43. The summed E-state index contributed by atoms with van der Waals surface area (Å²) in [7, 11) is 0. The van der Waals surface area contributed by atoms with Crippen molar-refractivity contribution in [2.75, 3.05) is 0 Å². The molecule has 15 heavy (non-hydrogen) atoms. The van der Waals surface area contributed by atoms with E-state index in [0.29, 0.717) is 0 Å². The molecule has 0 spiro atoms. The van der Waals surface area contributed by atoms with Crippen LogP contribution >= 0.6 is 0 Å². The molecule has 1 heterocycles. The Morgan fingerprint density at radius 2 is 2.13 bits per heavy atom. The zero-order valence-electron chi connectivity index (χ0n) is 8.38. The highest BCUT2D eigenvalue weighted by atomic mass is 19.4. The minimum Gasteiger partial charge on any atom is -0.294 e. The van der Waals surface area contributed by atoms with Crippen molar-refractivity contribution in [1.82, 2.24) is 9.78 Å². The minimum atomic E-state index is -4.32. The third-order valence-corrected chi connectivity index (χ3v) is 1.78. The Morgan fingerprint density at radius 3 is 2.60 bits per heavy atom. The van der Waals surface area contributed by atoms with Crippen LogP contribution in [0.25, 0.3) is 0 Å². The van der Waals surface area contributed by atoms with E-state index in [1.807, 2.05) is 0 Å². The predicted molar refractivity (Wildman–Crippen MR) is 47.5 cm³/mol. The van der Waals surface area contributed by atoms with Crippen LogP contribution in [0.2, 0.25) is 0 Å². The van der Waals surface area contributed by atoms with Gasteiger partial charge in [0.1, 0.15) is 6.54 Å². The fourth-order valence-electron chi connectivity index (χ4n) is 1.09. The maximum atomic E-state index is 12.0. The van der Waals surface area contributed by atoms with E-state index in [-0.39, 0.29) is 17.3 Å². The molecule has 0 bridgehead atoms. The van der Waals surface area contributed by atoms with Gasteiger partial charge >= 0.3 is 6.18 Å². The number of alkyl halides is 3. The maximum Gasteiger partial charge on any atom is 0.408 e. The molecule has 84 valence electrons. The molecule has 0 radical (unpaired) electrons. The second-order valence-corrected chi connectivity index (χ2v) is 3.56. The van der Waals surface area contributed by atoms with Gasteiger partial charge < -0.3 is 0 Å². The smallest absolute Gasteiger partial charge is 0.294 e. The number of aromatic nitrogens is 2. The van der Waals surface area contributed by atoms with Crippen molar-refractivity contribution in [3.8, 4) is 0 Å². The summed E-state index contributed by atoms with van der Waals surface area (Å²) in [6.07, 6.45) is -2.03. The van der Waals surface area contributed by atoms with Crippen LogP contribution in [0.5, 0.6) is 0 Å². The highest BCUT2D eigenvalue weighted by Gasteiger charge is 2.28. The Bertz CT molecular complexity index is 354. The van der Waals surface area contributed by atoms with Gasteiger partial charge in [-0.1, -0.05) is 13.8 Å². The lowest BCUT2D eigenvalue weighted by molar-refractivity contribution is -0.142. The molecule has 0 saturated carbocycles. The fourth-order valence-corrected chi connectivity index (χ4v) is 1.09. The van der Waals surface area contributed by atoms with Crippen molar-refractivity contribution in [2.24, 2.45) is 5.92 Å². The average Bonchev–Trinajstić information content (AvgIpc) is 2.48. The van der Waals surface area contributed by atoms with E-state index in [1.165, 1.54) is 0 Å². The monoisotopic (exact) mass is 220 g/mol. The SMILES string of the molecule is CC(C)C(=O)c1cnn(CC(F)(F)F)c1. The second-order valence-electron chi connectivity index (χ2n) is 3.56. The van der Waals surface area contributed by atoms with Crippen LogP contribution in [0.15, 0.2) is 12.4 Å². The van der Waals surface area contributed by atoms with Crippen molar-refractivity contribution in [2.45, 2.75) is 26.6 Å². The molecule has 0 aliphatic heterocycles. The molecule has 0 fully saturated rings. The first-order chi connectivity index (χ1) is 6.79. The lowest BCUT2D eigenvalue weighted by Gasteiger charge is -2.05. The van der Waals surface area contributed by atoms with E-state index in [2.05, 4.69) is 5.10 Å². The Kier molecular flexibility index (Phi) is 3.16. The van der Waals surface area contributed by atoms with Crippen molar-refractivity contribution < 1.29 is 18.0 Å². The standard InChI is InChI=1S/C9H11F3N2O/c1-6(2)8(15)7-3-13-14(4-7)5-9(10,11)12/h3-4,6H,5H2,1-2H3. The van der Waals surface area contributed by atoms with E-state index in [1.54, 1.807) is 13.8 Å². The number of Topliss-reactive ketones (excluding diaryl/α,β-unsaturated/α-hetero) is 1. The van der Waals surface area contributed by atoms with Gasteiger partial charge in [0.05, 0.1) is 11.8 Å². The van der Waals surface area contributed by atoms with E-state index < -0.39 is 12.7 Å². The topological polar surface area (TPSA) is 34.9 Å². The highest BCUT2D eigenvalue weighted by Crippen LogP contribution is 2.17. The fraction of sp³-hybridized carbons (Fsp3) is 0.556. The van der Waals surface area contributed by atoms with Crippen LogP contribution in [-0.4, -0.2) is 21.7 Å². The summed E-state index contributed by atoms with van der Waals surface area (Å²) in [6, 6.07) is 0. The third-order valence-electron chi connectivity index (χ3n) is 1.78. The van der Waals surface area contributed by atoms with Gasteiger partial charge in [0.15, 0.2) is 5.78 Å². The van der Waals surface area contributed by atoms with Gasteiger partial charge in [-0.15, -0.1) is 0 Å². The molecule has 1 aromatic rings. The van der Waals surface area contributed by atoms with Crippen molar-refractivity contribution >= 4 is 5.78 Å². The average molecular weight is 220 g/mol. The first-order valence-corrected chi connectivity index (χ1v) is 4.43. The Hall–Kier alpha value is -1.33. The summed E-state index contributed by atoms with van der Waals surface area (Å²) in [6.45, 7) is 2.20. The van der Waals surface area contributed by atoms with Gasteiger partial charge in [-0.3, -0.25) is 9.48 Å². The number of nitrogens with zero attached hydrogens (tertiary/aromatic N) is 2. The van der Waals surface area contributed by atoms with E-state index in [4.69, 9.17) is 0 Å². The van der Waals surface area contributed by atoms with Crippen LogP contribution in [0.4, 0.5) is 13.2 Å². The highest BCUT2D eigenvalue weighted by molar-refractivity contribution is 5.96. The Morgan fingerprint density at radius 1 is 1.53 bits per heavy atom. The molecule has 0 amide bonds. The summed E-state index contributed by atoms with van der Waals surface area (Å²) >= 11 is 0. The van der Waals surface area contributed by atoms with Gasteiger partial charge in [0, 0.05) is 12.1 Å². The van der Waals surface area contributed by atoms with E-state index in [9.17, 15) is 18.0 Å². The molecule has 3 nitrogen and oxygen atoms in total.